The fourth-order valence-corrected chi connectivity index (χ4v) is 2.29. The summed E-state index contributed by atoms with van der Waals surface area (Å²) < 4.78 is 38.5. The Hall–Kier alpha value is -2.13. The minimum Gasteiger partial charge on any atom is -0.357 e. The van der Waals surface area contributed by atoms with E-state index in [1.807, 2.05) is 0 Å². The van der Waals surface area contributed by atoms with Gasteiger partial charge in [-0.2, -0.15) is 18.2 Å². The second kappa shape index (κ2) is 5.70. The average molecular weight is 305 g/mol. The topological polar surface area (TPSA) is 84.2 Å². The maximum atomic E-state index is 12.8. The van der Waals surface area contributed by atoms with Gasteiger partial charge >= 0.3 is 11.9 Å². The second-order valence-electron chi connectivity index (χ2n) is 4.74. The van der Waals surface area contributed by atoms with Crippen LogP contribution in [-0.2, 0) is 0 Å². The largest absolute Gasteiger partial charge is 0.393 e. The normalized spacial score (nSPS) is 19.4. The van der Waals surface area contributed by atoms with Crippen LogP contribution in [0.1, 0.15) is 12.8 Å². The Morgan fingerprint density at radius 2 is 2.24 bits per heavy atom. The molecule has 2 rings (SSSR count). The summed E-state index contributed by atoms with van der Waals surface area (Å²) >= 11 is 0. The van der Waals surface area contributed by atoms with Crippen molar-refractivity contribution < 1.29 is 18.1 Å². The van der Waals surface area contributed by atoms with Gasteiger partial charge in [0, 0.05) is 20.1 Å². The van der Waals surface area contributed by atoms with Crippen LogP contribution in [0.5, 0.6) is 0 Å². The molecule has 1 aliphatic heterocycles. The molecule has 0 aromatic carbocycles. The maximum Gasteiger partial charge on any atom is 0.393 e. The summed E-state index contributed by atoms with van der Waals surface area (Å²) in [6, 6.07) is 0. The van der Waals surface area contributed by atoms with Crippen molar-refractivity contribution >= 4 is 17.5 Å². The number of piperidine rings is 1. The van der Waals surface area contributed by atoms with Gasteiger partial charge in [-0.1, -0.05) is 0 Å². The van der Waals surface area contributed by atoms with Gasteiger partial charge in [-0.3, -0.25) is 10.1 Å². The smallest absolute Gasteiger partial charge is 0.357 e. The lowest BCUT2D eigenvalue weighted by molar-refractivity contribution is -0.384. The summed E-state index contributed by atoms with van der Waals surface area (Å²) in [6.45, 7) is -0.0297. The highest BCUT2D eigenvalue weighted by molar-refractivity contribution is 5.59. The van der Waals surface area contributed by atoms with Crippen LogP contribution in [0.4, 0.5) is 30.6 Å². The van der Waals surface area contributed by atoms with Gasteiger partial charge in [0.2, 0.25) is 11.8 Å². The number of anilines is 2. The Bertz CT molecular complexity index is 537. The van der Waals surface area contributed by atoms with Gasteiger partial charge in [0.1, 0.15) is 6.20 Å². The molecule has 1 fully saturated rings. The highest BCUT2D eigenvalue weighted by atomic mass is 19.4. The van der Waals surface area contributed by atoms with Crippen molar-refractivity contribution in [2.75, 3.05) is 30.4 Å². The minimum absolute atomic E-state index is 0.0256. The van der Waals surface area contributed by atoms with Crippen molar-refractivity contribution in [3.05, 3.63) is 16.3 Å². The van der Waals surface area contributed by atoms with Crippen LogP contribution >= 0.6 is 0 Å². The number of halogens is 3. The quantitative estimate of drug-likeness (QED) is 0.681. The summed E-state index contributed by atoms with van der Waals surface area (Å²) in [5.74, 6) is -1.45. The standard InChI is InChI=1S/C11H14F3N5O2/c1-15-10-16-5-8(19(20)21)9(17-10)18-4-2-3-7(6-18)11(12,13)14/h5,7H,2-4,6H2,1H3,(H,15,16,17). The van der Waals surface area contributed by atoms with Crippen LogP contribution in [0.15, 0.2) is 6.20 Å². The maximum absolute atomic E-state index is 12.8. The number of hydrogen-bond acceptors (Lipinski definition) is 6. The molecule has 0 amide bonds. The first-order chi connectivity index (χ1) is 9.82. The molecule has 1 N–H and O–H groups in total. The van der Waals surface area contributed by atoms with E-state index in [2.05, 4.69) is 15.3 Å². The molecule has 0 radical (unpaired) electrons. The number of hydrogen-bond donors (Lipinski definition) is 1. The monoisotopic (exact) mass is 305 g/mol. The predicted octanol–water partition coefficient (Wildman–Crippen LogP) is 2.21. The molecule has 1 saturated heterocycles. The van der Waals surface area contributed by atoms with Crippen LogP contribution < -0.4 is 10.2 Å². The lowest BCUT2D eigenvalue weighted by Crippen LogP contribution is -2.42. The third-order valence-corrected chi connectivity index (χ3v) is 3.35. The summed E-state index contributed by atoms with van der Waals surface area (Å²) in [5.41, 5.74) is -0.392. The molecule has 1 aliphatic rings. The van der Waals surface area contributed by atoms with E-state index in [1.165, 1.54) is 11.9 Å². The highest BCUT2D eigenvalue weighted by Crippen LogP contribution is 2.36. The molecule has 2 heterocycles. The SMILES string of the molecule is CNc1ncc([N+](=O)[O-])c(N2CCCC(C(F)(F)F)C2)n1. The Labute approximate surface area is 118 Å². The van der Waals surface area contributed by atoms with Gasteiger partial charge in [-0.05, 0) is 12.8 Å². The van der Waals surface area contributed by atoms with Crippen molar-refractivity contribution in [2.24, 2.45) is 5.92 Å². The van der Waals surface area contributed by atoms with Crippen molar-refractivity contribution in [2.45, 2.75) is 19.0 Å². The number of aromatic nitrogens is 2. The highest BCUT2D eigenvalue weighted by Gasteiger charge is 2.43. The zero-order valence-electron chi connectivity index (χ0n) is 11.2. The molecule has 7 nitrogen and oxygen atoms in total. The lowest BCUT2D eigenvalue weighted by Gasteiger charge is -2.34. The Morgan fingerprint density at radius 1 is 1.52 bits per heavy atom. The number of nitrogens with zero attached hydrogens (tertiary/aromatic N) is 4. The first-order valence-electron chi connectivity index (χ1n) is 6.33. The van der Waals surface area contributed by atoms with Gasteiger partial charge in [-0.25, -0.2) is 4.98 Å². The van der Waals surface area contributed by atoms with Gasteiger partial charge in [-0.15, -0.1) is 0 Å². The Morgan fingerprint density at radius 3 is 2.81 bits per heavy atom. The number of rotatable bonds is 3. The fraction of sp³-hybridized carbons (Fsp3) is 0.636. The Kier molecular flexibility index (Phi) is 4.14. The summed E-state index contributed by atoms with van der Waals surface area (Å²) in [5, 5.41) is 13.6. The van der Waals surface area contributed by atoms with E-state index in [0.29, 0.717) is 13.0 Å². The molecule has 0 spiro atoms. The van der Waals surface area contributed by atoms with Crippen molar-refractivity contribution in [3.8, 4) is 0 Å². The minimum atomic E-state index is -4.31. The molecule has 10 heteroatoms. The van der Waals surface area contributed by atoms with Crippen LogP contribution in [0, 0.1) is 16.0 Å². The van der Waals surface area contributed by atoms with Crippen LogP contribution in [0.3, 0.4) is 0 Å². The number of nitrogens with one attached hydrogen (secondary N) is 1. The summed E-state index contributed by atoms with van der Waals surface area (Å²) in [6.07, 6.45) is -2.98. The van der Waals surface area contributed by atoms with Gasteiger partial charge in [0.05, 0.1) is 10.8 Å². The third kappa shape index (κ3) is 3.31. The fourth-order valence-electron chi connectivity index (χ4n) is 2.29. The first kappa shape index (κ1) is 15.3. The van der Waals surface area contributed by atoms with E-state index >= 15 is 0 Å². The van der Waals surface area contributed by atoms with E-state index in [-0.39, 0.29) is 24.7 Å². The van der Waals surface area contributed by atoms with Crippen LogP contribution in [0.2, 0.25) is 0 Å². The van der Waals surface area contributed by atoms with E-state index in [4.69, 9.17) is 0 Å². The molecule has 0 bridgehead atoms. The predicted molar refractivity (Wildman–Crippen MR) is 69.2 cm³/mol. The van der Waals surface area contributed by atoms with E-state index in [1.54, 1.807) is 0 Å². The van der Waals surface area contributed by atoms with Crippen molar-refractivity contribution in [3.63, 3.8) is 0 Å². The third-order valence-electron chi connectivity index (χ3n) is 3.35. The molecule has 1 aromatic rings. The molecule has 1 aromatic heterocycles. The Balaban J connectivity index is 2.33. The van der Waals surface area contributed by atoms with Crippen molar-refractivity contribution in [1.82, 2.24) is 9.97 Å². The van der Waals surface area contributed by atoms with E-state index in [9.17, 15) is 23.3 Å². The molecule has 1 unspecified atom stereocenters. The second-order valence-corrected chi connectivity index (χ2v) is 4.74. The molecule has 21 heavy (non-hydrogen) atoms. The summed E-state index contributed by atoms with van der Waals surface area (Å²) in [7, 11) is 1.53. The molecule has 1 atom stereocenters. The van der Waals surface area contributed by atoms with Gasteiger partial charge in [0.15, 0.2) is 0 Å². The number of nitro groups is 1. The number of alkyl halides is 3. The van der Waals surface area contributed by atoms with Gasteiger partial charge < -0.3 is 10.2 Å². The van der Waals surface area contributed by atoms with Crippen LogP contribution in [-0.4, -0.2) is 41.2 Å². The summed E-state index contributed by atoms with van der Waals surface area (Å²) in [4.78, 5) is 19.3. The lowest BCUT2D eigenvalue weighted by atomic mass is 9.97. The average Bonchev–Trinajstić information content (AvgIpc) is 2.45. The molecule has 116 valence electrons. The zero-order chi connectivity index (χ0) is 15.6. The van der Waals surface area contributed by atoms with Gasteiger partial charge in [0.25, 0.3) is 0 Å². The molecular weight excluding hydrogens is 291 g/mol. The zero-order valence-corrected chi connectivity index (χ0v) is 11.2. The molecular formula is C11H14F3N5O2. The van der Waals surface area contributed by atoms with Crippen molar-refractivity contribution in [1.29, 1.82) is 0 Å². The van der Waals surface area contributed by atoms with E-state index in [0.717, 1.165) is 6.20 Å². The molecule has 0 saturated carbocycles. The molecule has 0 aliphatic carbocycles. The van der Waals surface area contributed by atoms with E-state index < -0.39 is 22.7 Å². The first-order valence-corrected chi connectivity index (χ1v) is 6.33. The van der Waals surface area contributed by atoms with Crippen LogP contribution in [0.25, 0.3) is 0 Å².